The molecule has 0 spiro atoms. The minimum atomic E-state index is -0.130. The van der Waals surface area contributed by atoms with Gasteiger partial charge in [-0.25, -0.2) is 0 Å². The van der Waals surface area contributed by atoms with Crippen LogP contribution in [0.1, 0.15) is 39.0 Å². The fraction of sp³-hybridized carbons (Fsp3) is 0.909. The third-order valence-corrected chi connectivity index (χ3v) is 3.85. The van der Waals surface area contributed by atoms with Crippen molar-refractivity contribution in [3.8, 4) is 0 Å². The van der Waals surface area contributed by atoms with Crippen molar-refractivity contribution in [2.45, 2.75) is 50.3 Å². The van der Waals surface area contributed by atoms with Crippen LogP contribution < -0.4 is 0 Å². The molecule has 2 nitrogen and oxygen atoms in total. The molecule has 3 heteroatoms. The average molecular weight is 213 g/mol. The minimum absolute atomic E-state index is 0.130. The lowest BCUT2D eigenvalue weighted by Crippen LogP contribution is -2.48. The molecule has 0 aromatic heterocycles. The highest BCUT2D eigenvalue weighted by molar-refractivity contribution is 7.81. The van der Waals surface area contributed by atoms with Crippen LogP contribution in [0.25, 0.3) is 0 Å². The van der Waals surface area contributed by atoms with Gasteiger partial charge in [-0.15, -0.1) is 0 Å². The van der Waals surface area contributed by atoms with E-state index >= 15 is 0 Å². The molecule has 0 aromatic rings. The maximum absolute atomic E-state index is 11.9. The molecule has 0 aromatic carbocycles. The van der Waals surface area contributed by atoms with Crippen LogP contribution in [0.2, 0.25) is 0 Å². The molecule has 0 bridgehead atoms. The number of fused-ring (bicyclic) bond motifs is 1. The Morgan fingerprint density at radius 3 is 2.79 bits per heavy atom. The van der Waals surface area contributed by atoms with Gasteiger partial charge in [-0.05, 0) is 38.5 Å². The Hall–Kier alpha value is -0.180. The van der Waals surface area contributed by atoms with Gasteiger partial charge >= 0.3 is 0 Å². The summed E-state index contributed by atoms with van der Waals surface area (Å²) in [6, 6.07) is 0.547. The van der Waals surface area contributed by atoms with Crippen molar-refractivity contribution in [2.75, 3.05) is 6.54 Å². The highest BCUT2D eigenvalue weighted by Crippen LogP contribution is 2.37. The summed E-state index contributed by atoms with van der Waals surface area (Å²) in [5, 5.41) is -0.130. The fourth-order valence-corrected chi connectivity index (χ4v) is 3.12. The van der Waals surface area contributed by atoms with Gasteiger partial charge in [-0.2, -0.15) is 12.6 Å². The average Bonchev–Trinajstić information content (AvgIpc) is 2.63. The highest BCUT2D eigenvalue weighted by atomic mass is 32.1. The number of rotatable bonds is 1. The predicted molar refractivity (Wildman–Crippen MR) is 60.5 cm³/mol. The molecular formula is C11H19NOS. The first kappa shape index (κ1) is 10.3. The molecule has 0 radical (unpaired) electrons. The van der Waals surface area contributed by atoms with Gasteiger partial charge in [0, 0.05) is 12.6 Å². The Kier molecular flexibility index (Phi) is 3.05. The summed E-state index contributed by atoms with van der Waals surface area (Å²) in [5.41, 5.74) is 0. The highest BCUT2D eigenvalue weighted by Gasteiger charge is 2.37. The van der Waals surface area contributed by atoms with Crippen molar-refractivity contribution >= 4 is 18.5 Å². The van der Waals surface area contributed by atoms with Gasteiger partial charge in [0.15, 0.2) is 0 Å². The summed E-state index contributed by atoms with van der Waals surface area (Å²) >= 11 is 4.24. The Bertz CT molecular complexity index is 229. The molecule has 1 saturated carbocycles. The molecule has 1 aliphatic heterocycles. The molecule has 3 atom stereocenters. The van der Waals surface area contributed by atoms with Crippen molar-refractivity contribution in [2.24, 2.45) is 5.92 Å². The molecule has 2 fully saturated rings. The maximum Gasteiger partial charge on any atom is 0.235 e. The number of carbonyl (C=O) groups excluding carboxylic acids is 1. The summed E-state index contributed by atoms with van der Waals surface area (Å²) in [7, 11) is 0. The van der Waals surface area contributed by atoms with E-state index in [0.717, 1.165) is 12.5 Å². The summed E-state index contributed by atoms with van der Waals surface area (Å²) in [6.07, 6.45) is 6.37. The Morgan fingerprint density at radius 1 is 1.36 bits per heavy atom. The molecule has 2 rings (SSSR count). The van der Waals surface area contributed by atoms with Gasteiger partial charge in [-0.1, -0.05) is 6.42 Å². The SMILES string of the molecule is CC(S)C(=O)N1CCCC2CCCC21. The van der Waals surface area contributed by atoms with Crippen LogP contribution >= 0.6 is 12.6 Å². The lowest BCUT2D eigenvalue weighted by molar-refractivity contribution is -0.134. The van der Waals surface area contributed by atoms with E-state index in [-0.39, 0.29) is 11.2 Å². The number of hydrogen-bond acceptors (Lipinski definition) is 2. The monoisotopic (exact) mass is 213 g/mol. The predicted octanol–water partition coefficient (Wildman–Crippen LogP) is 2.10. The van der Waals surface area contributed by atoms with E-state index in [0.29, 0.717) is 6.04 Å². The summed E-state index contributed by atoms with van der Waals surface area (Å²) in [4.78, 5) is 14.0. The summed E-state index contributed by atoms with van der Waals surface area (Å²) in [6.45, 7) is 2.84. The third kappa shape index (κ3) is 1.79. The Balaban J connectivity index is 2.06. The summed E-state index contributed by atoms with van der Waals surface area (Å²) in [5.74, 6) is 1.03. The quantitative estimate of drug-likeness (QED) is 0.661. The van der Waals surface area contributed by atoms with Gasteiger partial charge in [0.2, 0.25) is 5.91 Å². The molecule has 1 heterocycles. The normalized spacial score (nSPS) is 34.0. The zero-order valence-electron chi connectivity index (χ0n) is 8.78. The van der Waals surface area contributed by atoms with Gasteiger partial charge in [0.1, 0.15) is 0 Å². The van der Waals surface area contributed by atoms with Crippen LogP contribution in [-0.4, -0.2) is 28.6 Å². The first-order valence-electron chi connectivity index (χ1n) is 5.68. The molecule has 1 aliphatic carbocycles. The van der Waals surface area contributed by atoms with Crippen molar-refractivity contribution in [3.63, 3.8) is 0 Å². The zero-order valence-corrected chi connectivity index (χ0v) is 9.67. The molecular weight excluding hydrogens is 194 g/mol. The number of carbonyl (C=O) groups is 1. The first-order chi connectivity index (χ1) is 6.70. The molecule has 0 N–H and O–H groups in total. The molecule has 3 unspecified atom stereocenters. The second kappa shape index (κ2) is 4.13. The number of nitrogens with zero attached hydrogens (tertiary/aromatic N) is 1. The number of likely N-dealkylation sites (tertiary alicyclic amines) is 1. The second-order valence-electron chi connectivity index (χ2n) is 4.61. The van der Waals surface area contributed by atoms with Crippen LogP contribution in [-0.2, 0) is 4.79 Å². The fourth-order valence-electron chi connectivity index (χ4n) is 2.97. The van der Waals surface area contributed by atoms with E-state index in [1.807, 2.05) is 6.92 Å². The van der Waals surface area contributed by atoms with Gasteiger partial charge in [-0.3, -0.25) is 4.79 Å². The van der Waals surface area contributed by atoms with Crippen LogP contribution in [0, 0.1) is 5.92 Å². The number of hydrogen-bond donors (Lipinski definition) is 1. The van der Waals surface area contributed by atoms with E-state index in [1.54, 1.807) is 0 Å². The van der Waals surface area contributed by atoms with Crippen LogP contribution in [0.3, 0.4) is 0 Å². The first-order valence-corrected chi connectivity index (χ1v) is 6.20. The topological polar surface area (TPSA) is 20.3 Å². The van der Waals surface area contributed by atoms with Crippen molar-refractivity contribution < 1.29 is 4.79 Å². The van der Waals surface area contributed by atoms with E-state index in [9.17, 15) is 4.79 Å². The van der Waals surface area contributed by atoms with Crippen molar-refractivity contribution in [3.05, 3.63) is 0 Å². The number of piperidine rings is 1. The van der Waals surface area contributed by atoms with E-state index in [1.165, 1.54) is 32.1 Å². The standard InChI is InChI=1S/C11H19NOS/c1-8(14)11(13)12-7-3-5-9-4-2-6-10(9)12/h8-10,14H,2-7H2,1H3. The zero-order chi connectivity index (χ0) is 10.1. The summed E-state index contributed by atoms with van der Waals surface area (Å²) < 4.78 is 0. The van der Waals surface area contributed by atoms with Crippen LogP contribution in [0.4, 0.5) is 0 Å². The van der Waals surface area contributed by atoms with Crippen molar-refractivity contribution in [1.29, 1.82) is 0 Å². The number of thiol groups is 1. The Morgan fingerprint density at radius 2 is 2.07 bits per heavy atom. The largest absolute Gasteiger partial charge is 0.338 e. The van der Waals surface area contributed by atoms with Crippen LogP contribution in [0.15, 0.2) is 0 Å². The molecule has 80 valence electrons. The van der Waals surface area contributed by atoms with E-state index in [2.05, 4.69) is 17.5 Å². The van der Waals surface area contributed by atoms with Crippen LogP contribution in [0.5, 0.6) is 0 Å². The lowest BCUT2D eigenvalue weighted by Gasteiger charge is -2.38. The third-order valence-electron chi connectivity index (χ3n) is 3.63. The molecule has 1 amide bonds. The van der Waals surface area contributed by atoms with Gasteiger partial charge < -0.3 is 4.90 Å². The van der Waals surface area contributed by atoms with E-state index in [4.69, 9.17) is 0 Å². The van der Waals surface area contributed by atoms with Crippen molar-refractivity contribution in [1.82, 2.24) is 4.90 Å². The van der Waals surface area contributed by atoms with Gasteiger partial charge in [0.05, 0.1) is 5.25 Å². The minimum Gasteiger partial charge on any atom is -0.338 e. The van der Waals surface area contributed by atoms with E-state index < -0.39 is 0 Å². The van der Waals surface area contributed by atoms with Gasteiger partial charge in [0.25, 0.3) is 0 Å². The molecule has 2 aliphatic rings. The lowest BCUT2D eigenvalue weighted by atomic mass is 9.92. The maximum atomic E-state index is 11.9. The second-order valence-corrected chi connectivity index (χ2v) is 5.38. The Labute approximate surface area is 91.5 Å². The smallest absolute Gasteiger partial charge is 0.235 e. The number of amides is 1. The molecule has 1 saturated heterocycles. The molecule has 14 heavy (non-hydrogen) atoms.